The average Bonchev–Trinajstić information content (AvgIpc) is 3.35. The first-order valence-corrected chi connectivity index (χ1v) is 10.2. The van der Waals surface area contributed by atoms with Gasteiger partial charge in [0.15, 0.2) is 5.88 Å². The lowest BCUT2D eigenvalue weighted by atomic mass is 9.99. The molecule has 0 bridgehead atoms. The third-order valence-corrected chi connectivity index (χ3v) is 5.82. The molecule has 0 spiro atoms. The molecule has 7 nitrogen and oxygen atoms in total. The zero-order valence-electron chi connectivity index (χ0n) is 16.2. The van der Waals surface area contributed by atoms with Gasteiger partial charge in [0.2, 0.25) is 0 Å². The number of carbonyl (C=O) groups excluding carboxylic acids is 1. The first kappa shape index (κ1) is 18.8. The Morgan fingerprint density at radius 1 is 1.25 bits per heavy atom. The van der Waals surface area contributed by atoms with Crippen molar-refractivity contribution in [1.29, 1.82) is 5.41 Å². The molecular weight excluding hydrogens is 354 g/mol. The van der Waals surface area contributed by atoms with Crippen LogP contribution in [0.2, 0.25) is 0 Å². The van der Waals surface area contributed by atoms with Crippen LogP contribution in [-0.4, -0.2) is 38.0 Å². The topological polar surface area (TPSA) is 112 Å². The Morgan fingerprint density at radius 2 is 1.96 bits per heavy atom. The second-order valence-corrected chi connectivity index (χ2v) is 7.82. The van der Waals surface area contributed by atoms with E-state index in [1.807, 2.05) is 0 Å². The lowest BCUT2D eigenvalue weighted by Gasteiger charge is -2.25. The number of rotatable bonds is 5. The van der Waals surface area contributed by atoms with Crippen molar-refractivity contribution in [2.45, 2.75) is 51.0 Å². The normalized spacial score (nSPS) is 21.8. The van der Waals surface area contributed by atoms with Gasteiger partial charge in [-0.3, -0.25) is 0 Å². The van der Waals surface area contributed by atoms with Crippen LogP contribution >= 0.6 is 0 Å². The molecular formula is C21H29N5O2. The van der Waals surface area contributed by atoms with Gasteiger partial charge in [0, 0.05) is 30.6 Å². The van der Waals surface area contributed by atoms with E-state index in [9.17, 15) is 4.79 Å². The van der Waals surface area contributed by atoms with Crippen LogP contribution in [0.25, 0.3) is 0 Å². The van der Waals surface area contributed by atoms with Gasteiger partial charge in [0.25, 0.3) is 0 Å². The molecule has 1 atom stereocenters. The first-order chi connectivity index (χ1) is 13.7. The van der Waals surface area contributed by atoms with Gasteiger partial charge in [-0.2, -0.15) is 0 Å². The zero-order chi connectivity index (χ0) is 19.5. The molecule has 4 rings (SSSR count). The summed E-state index contributed by atoms with van der Waals surface area (Å²) in [6, 6.07) is 2.15. The van der Waals surface area contributed by atoms with E-state index in [0.29, 0.717) is 32.0 Å². The van der Waals surface area contributed by atoms with E-state index in [2.05, 4.69) is 22.0 Å². The molecule has 0 radical (unpaired) electrons. The second-order valence-electron chi connectivity index (χ2n) is 7.82. The lowest BCUT2D eigenvalue weighted by molar-refractivity contribution is 0.138. The van der Waals surface area contributed by atoms with Crippen molar-refractivity contribution in [1.82, 2.24) is 10.6 Å². The van der Waals surface area contributed by atoms with Crippen LogP contribution in [0.15, 0.2) is 17.5 Å². The number of carbonyl (C=O) groups is 1. The van der Waals surface area contributed by atoms with Gasteiger partial charge < -0.3 is 31.8 Å². The summed E-state index contributed by atoms with van der Waals surface area (Å²) in [4.78, 5) is 12.5. The van der Waals surface area contributed by atoms with Crippen LogP contribution in [0.1, 0.15) is 41.5 Å². The van der Waals surface area contributed by atoms with Gasteiger partial charge in [-0.05, 0) is 67.2 Å². The van der Waals surface area contributed by atoms with Crippen LogP contribution in [0, 0.1) is 5.41 Å². The van der Waals surface area contributed by atoms with E-state index in [-0.39, 0.29) is 12.1 Å². The summed E-state index contributed by atoms with van der Waals surface area (Å²) in [6.07, 6.45) is 8.47. The van der Waals surface area contributed by atoms with Crippen LogP contribution < -0.4 is 21.7 Å². The van der Waals surface area contributed by atoms with Crippen LogP contribution in [0.4, 0.5) is 10.5 Å². The molecule has 1 unspecified atom stereocenters. The SMILES string of the molecule is N=C/C(CCNC(=O)Nc1c2c(cc3c1CCC3)CCC2)=C1\NCC(N)CO1. The van der Waals surface area contributed by atoms with E-state index < -0.39 is 0 Å². The smallest absolute Gasteiger partial charge is 0.319 e. The minimum atomic E-state index is -0.178. The number of amides is 2. The Kier molecular flexibility index (Phi) is 5.52. The van der Waals surface area contributed by atoms with Gasteiger partial charge in [-0.15, -0.1) is 0 Å². The summed E-state index contributed by atoms with van der Waals surface area (Å²) in [5.74, 6) is 0.595. The molecule has 0 saturated carbocycles. The van der Waals surface area contributed by atoms with Crippen molar-refractivity contribution in [2.75, 3.05) is 25.0 Å². The summed E-state index contributed by atoms with van der Waals surface area (Å²) in [5, 5.41) is 16.8. The molecule has 1 saturated heterocycles. The molecule has 1 aromatic carbocycles. The largest absolute Gasteiger partial charge is 0.477 e. The molecule has 7 heteroatoms. The Labute approximate surface area is 165 Å². The Bertz CT molecular complexity index is 775. The van der Waals surface area contributed by atoms with Gasteiger partial charge in [-0.1, -0.05) is 6.07 Å². The summed E-state index contributed by atoms with van der Waals surface area (Å²) < 4.78 is 5.56. The highest BCUT2D eigenvalue weighted by Crippen LogP contribution is 2.38. The quantitative estimate of drug-likeness (QED) is 0.501. The van der Waals surface area contributed by atoms with E-state index in [0.717, 1.165) is 36.9 Å². The maximum Gasteiger partial charge on any atom is 0.319 e. The van der Waals surface area contributed by atoms with Crippen molar-refractivity contribution in [2.24, 2.45) is 5.73 Å². The number of hydrogen-bond donors (Lipinski definition) is 5. The third-order valence-electron chi connectivity index (χ3n) is 5.82. The summed E-state index contributed by atoms with van der Waals surface area (Å²) in [6.45, 7) is 1.51. The monoisotopic (exact) mass is 383 g/mol. The van der Waals surface area contributed by atoms with Crippen molar-refractivity contribution >= 4 is 17.9 Å². The van der Waals surface area contributed by atoms with Crippen LogP contribution in [0.3, 0.4) is 0 Å². The Morgan fingerprint density at radius 3 is 2.57 bits per heavy atom. The highest BCUT2D eigenvalue weighted by Gasteiger charge is 2.25. The Hall–Kier alpha value is -2.54. The summed E-state index contributed by atoms with van der Waals surface area (Å²) >= 11 is 0. The van der Waals surface area contributed by atoms with E-state index >= 15 is 0 Å². The number of aryl methyl sites for hydroxylation is 2. The fourth-order valence-corrected chi connectivity index (χ4v) is 4.42. The molecule has 1 aromatic rings. The van der Waals surface area contributed by atoms with Gasteiger partial charge in [0.1, 0.15) is 6.61 Å². The molecule has 2 aliphatic carbocycles. The lowest BCUT2D eigenvalue weighted by Crippen LogP contribution is -2.43. The van der Waals surface area contributed by atoms with Gasteiger partial charge in [-0.25, -0.2) is 4.79 Å². The average molecular weight is 383 g/mol. The van der Waals surface area contributed by atoms with Crippen molar-refractivity contribution < 1.29 is 9.53 Å². The number of ether oxygens (including phenoxy) is 1. The summed E-state index contributed by atoms with van der Waals surface area (Å²) in [7, 11) is 0. The third kappa shape index (κ3) is 3.85. The standard InChI is InChI=1S/C21H29N5O2/c22-10-15(20-25-11-16(23)12-28-20)7-8-24-21(27)26-19-17-5-1-3-13(17)9-14-4-2-6-18(14)19/h9-10,16,22,25H,1-8,11-12,23H2,(H2,24,26,27)/b20-15+,22-10?. The number of urea groups is 1. The molecule has 2 amide bonds. The molecule has 1 fully saturated rings. The van der Waals surface area contributed by atoms with Crippen molar-refractivity contribution in [3.63, 3.8) is 0 Å². The minimum absolute atomic E-state index is 0.0334. The number of anilines is 1. The maximum atomic E-state index is 12.5. The summed E-state index contributed by atoms with van der Waals surface area (Å²) in [5.41, 5.74) is 13.1. The maximum absolute atomic E-state index is 12.5. The van der Waals surface area contributed by atoms with Gasteiger partial charge in [0.05, 0.1) is 6.04 Å². The molecule has 0 aromatic heterocycles. The van der Waals surface area contributed by atoms with E-state index in [1.165, 1.54) is 41.3 Å². The molecule has 3 aliphatic rings. The fourth-order valence-electron chi connectivity index (χ4n) is 4.42. The number of fused-ring (bicyclic) bond motifs is 2. The molecule has 1 aliphatic heterocycles. The Balaban J connectivity index is 1.37. The molecule has 28 heavy (non-hydrogen) atoms. The van der Waals surface area contributed by atoms with Gasteiger partial charge >= 0.3 is 6.03 Å². The predicted octanol–water partition coefficient (Wildman–Crippen LogP) is 1.98. The second kappa shape index (κ2) is 8.22. The van der Waals surface area contributed by atoms with Crippen molar-refractivity contribution in [3.05, 3.63) is 39.8 Å². The molecule has 6 N–H and O–H groups in total. The van der Waals surface area contributed by atoms with Crippen LogP contribution in [0.5, 0.6) is 0 Å². The number of benzene rings is 1. The fraction of sp³-hybridized carbons (Fsp3) is 0.524. The minimum Gasteiger partial charge on any atom is -0.477 e. The first-order valence-electron chi connectivity index (χ1n) is 10.2. The van der Waals surface area contributed by atoms with E-state index in [4.69, 9.17) is 15.9 Å². The number of hydrogen-bond acceptors (Lipinski definition) is 5. The van der Waals surface area contributed by atoms with Crippen LogP contribution in [-0.2, 0) is 30.4 Å². The predicted molar refractivity (Wildman–Crippen MR) is 110 cm³/mol. The zero-order valence-corrected chi connectivity index (χ0v) is 16.2. The highest BCUT2D eigenvalue weighted by molar-refractivity contribution is 5.92. The number of nitrogens with one attached hydrogen (secondary N) is 4. The molecule has 150 valence electrons. The molecule has 1 heterocycles. The number of nitrogens with two attached hydrogens (primary N) is 1. The van der Waals surface area contributed by atoms with Crippen molar-refractivity contribution in [3.8, 4) is 0 Å². The highest BCUT2D eigenvalue weighted by atomic mass is 16.5. The van der Waals surface area contributed by atoms with E-state index in [1.54, 1.807) is 0 Å².